The van der Waals surface area contributed by atoms with E-state index in [0.29, 0.717) is 41.6 Å². The van der Waals surface area contributed by atoms with Crippen molar-refractivity contribution in [3.8, 4) is 11.3 Å². The van der Waals surface area contributed by atoms with Crippen LogP contribution in [0, 0.1) is 6.92 Å². The molecule has 0 bridgehead atoms. The van der Waals surface area contributed by atoms with E-state index in [2.05, 4.69) is 25.5 Å². The highest BCUT2D eigenvalue weighted by molar-refractivity contribution is 6.04. The standard InChI is InChI=1S/C32H31F3N8O/c1-21-5-8-25(17-27(21)39-29-30-37-10-11-43(30)20-28(40-29)23-4-3-9-36-18-23)38-31(44)22-6-7-24(26(16-22)32(33,34)35)19-42-14-12-41(2)13-15-42/h3-11,16-18,20H,12-15,19H2,1-2H3,(H,38,44)(H,39,40). The zero-order valence-corrected chi connectivity index (χ0v) is 24.3. The highest BCUT2D eigenvalue weighted by atomic mass is 19.4. The summed E-state index contributed by atoms with van der Waals surface area (Å²) in [6, 6.07) is 12.8. The maximum atomic E-state index is 14.1. The molecule has 1 fully saturated rings. The smallest absolute Gasteiger partial charge is 0.337 e. The van der Waals surface area contributed by atoms with Crippen LogP contribution < -0.4 is 10.6 Å². The Hall–Kier alpha value is -4.81. The molecule has 2 aromatic carbocycles. The Morgan fingerprint density at radius 2 is 1.84 bits per heavy atom. The molecule has 1 amide bonds. The fourth-order valence-corrected chi connectivity index (χ4v) is 5.20. The fraction of sp³-hybridized carbons (Fsp3) is 0.250. The lowest BCUT2D eigenvalue weighted by molar-refractivity contribution is -0.138. The van der Waals surface area contributed by atoms with Crippen LogP contribution in [0.2, 0.25) is 0 Å². The molecule has 12 heteroatoms. The number of nitrogens with one attached hydrogen (secondary N) is 2. The van der Waals surface area contributed by atoms with Crippen LogP contribution in [0.4, 0.5) is 30.4 Å². The monoisotopic (exact) mass is 600 g/mol. The number of aromatic nitrogens is 4. The number of fused-ring (bicyclic) bond motifs is 1. The number of anilines is 3. The number of alkyl halides is 3. The van der Waals surface area contributed by atoms with Crippen molar-refractivity contribution in [1.29, 1.82) is 0 Å². The molecule has 0 atom stereocenters. The molecule has 1 aliphatic rings. The molecule has 9 nitrogen and oxygen atoms in total. The third-order valence-corrected chi connectivity index (χ3v) is 7.75. The number of imidazole rings is 1. The normalized spacial score (nSPS) is 14.6. The van der Waals surface area contributed by atoms with Gasteiger partial charge in [-0.2, -0.15) is 13.2 Å². The number of carbonyl (C=O) groups excluding carboxylic acids is 1. The number of piperazine rings is 1. The van der Waals surface area contributed by atoms with Crippen molar-refractivity contribution in [2.75, 3.05) is 43.9 Å². The number of aryl methyl sites for hydroxylation is 1. The number of benzene rings is 2. The summed E-state index contributed by atoms with van der Waals surface area (Å²) in [6.07, 6.45) is 4.17. The van der Waals surface area contributed by atoms with Crippen LogP contribution in [0.3, 0.4) is 0 Å². The SMILES string of the molecule is Cc1ccc(NC(=O)c2ccc(CN3CCN(C)CC3)c(C(F)(F)F)c2)cc1Nc1nc(-c2cccnc2)cn2ccnc12. The van der Waals surface area contributed by atoms with Gasteiger partial charge in [0, 0.05) is 86.2 Å². The maximum Gasteiger partial charge on any atom is 0.416 e. The molecule has 0 saturated carbocycles. The molecule has 44 heavy (non-hydrogen) atoms. The van der Waals surface area contributed by atoms with E-state index in [1.165, 1.54) is 12.1 Å². The molecule has 1 saturated heterocycles. The van der Waals surface area contributed by atoms with Crippen molar-refractivity contribution < 1.29 is 18.0 Å². The zero-order chi connectivity index (χ0) is 30.8. The minimum absolute atomic E-state index is 0.0699. The van der Waals surface area contributed by atoms with Gasteiger partial charge >= 0.3 is 6.18 Å². The Labute approximate surface area is 252 Å². The first-order chi connectivity index (χ1) is 21.1. The quantitative estimate of drug-likeness (QED) is 0.242. The first-order valence-electron chi connectivity index (χ1n) is 14.2. The van der Waals surface area contributed by atoms with Gasteiger partial charge in [0.15, 0.2) is 11.5 Å². The molecule has 4 heterocycles. The number of halogens is 3. The molecule has 226 valence electrons. The molecule has 2 N–H and O–H groups in total. The van der Waals surface area contributed by atoms with Crippen molar-refractivity contribution in [1.82, 2.24) is 29.2 Å². The summed E-state index contributed by atoms with van der Waals surface area (Å²) in [5.74, 6) is -0.141. The summed E-state index contributed by atoms with van der Waals surface area (Å²) in [5, 5.41) is 6.07. The molecular formula is C32H31F3N8O. The van der Waals surface area contributed by atoms with Gasteiger partial charge in [-0.3, -0.25) is 14.7 Å². The summed E-state index contributed by atoms with van der Waals surface area (Å²) in [6.45, 7) is 5.06. The van der Waals surface area contributed by atoms with E-state index in [4.69, 9.17) is 4.98 Å². The fourth-order valence-electron chi connectivity index (χ4n) is 5.20. The number of nitrogens with zero attached hydrogens (tertiary/aromatic N) is 6. The Morgan fingerprint density at radius 3 is 2.59 bits per heavy atom. The molecule has 5 aromatic rings. The van der Waals surface area contributed by atoms with Gasteiger partial charge in [0.25, 0.3) is 5.91 Å². The van der Waals surface area contributed by atoms with Crippen molar-refractivity contribution in [3.05, 3.63) is 102 Å². The van der Waals surface area contributed by atoms with Crippen LogP contribution in [0.1, 0.15) is 27.0 Å². The summed E-state index contributed by atoms with van der Waals surface area (Å²) in [5.41, 5.74) is 3.35. The minimum Gasteiger partial charge on any atom is -0.337 e. The van der Waals surface area contributed by atoms with Crippen LogP contribution >= 0.6 is 0 Å². The third-order valence-electron chi connectivity index (χ3n) is 7.75. The molecule has 3 aromatic heterocycles. The van der Waals surface area contributed by atoms with Crippen LogP contribution in [0.5, 0.6) is 0 Å². The lowest BCUT2D eigenvalue weighted by atomic mass is 10.0. The number of likely N-dealkylation sites (N-methyl/N-ethyl adjacent to an activating group) is 1. The molecule has 0 spiro atoms. The number of amides is 1. The van der Waals surface area contributed by atoms with E-state index in [1.807, 2.05) is 53.9 Å². The molecular weight excluding hydrogens is 569 g/mol. The second-order valence-corrected chi connectivity index (χ2v) is 10.9. The van der Waals surface area contributed by atoms with Crippen LogP contribution in [0.25, 0.3) is 16.9 Å². The molecule has 0 unspecified atom stereocenters. The Kier molecular flexibility index (Phi) is 8.02. The number of hydrogen-bond donors (Lipinski definition) is 2. The van der Waals surface area contributed by atoms with Crippen molar-refractivity contribution in [2.45, 2.75) is 19.6 Å². The van der Waals surface area contributed by atoms with Gasteiger partial charge in [-0.25, -0.2) is 9.97 Å². The van der Waals surface area contributed by atoms with Crippen LogP contribution in [-0.4, -0.2) is 68.3 Å². The first-order valence-corrected chi connectivity index (χ1v) is 14.2. The lowest BCUT2D eigenvalue weighted by Crippen LogP contribution is -2.44. The van der Waals surface area contributed by atoms with E-state index in [0.717, 1.165) is 30.3 Å². The predicted octanol–water partition coefficient (Wildman–Crippen LogP) is 5.86. The number of carbonyl (C=O) groups is 1. The number of rotatable bonds is 7. The maximum absolute atomic E-state index is 14.1. The van der Waals surface area contributed by atoms with Crippen molar-refractivity contribution in [2.24, 2.45) is 0 Å². The molecule has 0 aliphatic carbocycles. The summed E-state index contributed by atoms with van der Waals surface area (Å²) < 4.78 is 44.1. The summed E-state index contributed by atoms with van der Waals surface area (Å²) in [7, 11) is 2.00. The zero-order valence-electron chi connectivity index (χ0n) is 24.3. The van der Waals surface area contributed by atoms with Gasteiger partial charge in [-0.15, -0.1) is 0 Å². The van der Waals surface area contributed by atoms with E-state index < -0.39 is 17.6 Å². The van der Waals surface area contributed by atoms with E-state index >= 15 is 0 Å². The lowest BCUT2D eigenvalue weighted by Gasteiger charge is -2.33. The molecule has 6 rings (SSSR count). The molecule has 0 radical (unpaired) electrons. The van der Waals surface area contributed by atoms with Gasteiger partial charge in [0.2, 0.25) is 0 Å². The average molecular weight is 601 g/mol. The number of hydrogen-bond acceptors (Lipinski definition) is 7. The van der Waals surface area contributed by atoms with Gasteiger partial charge < -0.3 is 19.9 Å². The van der Waals surface area contributed by atoms with E-state index in [-0.39, 0.29) is 17.7 Å². The Balaban J connectivity index is 1.23. The highest BCUT2D eigenvalue weighted by Gasteiger charge is 2.34. The summed E-state index contributed by atoms with van der Waals surface area (Å²) in [4.78, 5) is 30.7. The average Bonchev–Trinajstić information content (AvgIpc) is 3.49. The van der Waals surface area contributed by atoms with Crippen LogP contribution in [0.15, 0.2) is 79.5 Å². The van der Waals surface area contributed by atoms with Gasteiger partial charge in [-0.1, -0.05) is 12.1 Å². The van der Waals surface area contributed by atoms with Gasteiger partial charge in [-0.05, 0) is 61.5 Å². The highest BCUT2D eigenvalue weighted by Crippen LogP contribution is 2.34. The predicted molar refractivity (Wildman–Crippen MR) is 163 cm³/mol. The second-order valence-electron chi connectivity index (χ2n) is 10.9. The van der Waals surface area contributed by atoms with E-state index in [1.54, 1.807) is 30.7 Å². The first kappa shape index (κ1) is 29.3. The second kappa shape index (κ2) is 12.1. The topological polar surface area (TPSA) is 90.7 Å². The van der Waals surface area contributed by atoms with Gasteiger partial charge in [0.1, 0.15) is 0 Å². The summed E-state index contributed by atoms with van der Waals surface area (Å²) >= 11 is 0. The minimum atomic E-state index is -4.59. The van der Waals surface area contributed by atoms with Crippen LogP contribution in [-0.2, 0) is 12.7 Å². The third kappa shape index (κ3) is 6.41. The molecule has 1 aliphatic heterocycles. The van der Waals surface area contributed by atoms with Gasteiger partial charge in [0.05, 0.1) is 11.3 Å². The Bertz CT molecular complexity index is 1800. The number of pyridine rings is 1. The van der Waals surface area contributed by atoms with E-state index in [9.17, 15) is 18.0 Å². The Morgan fingerprint density at radius 1 is 1.02 bits per heavy atom. The largest absolute Gasteiger partial charge is 0.416 e. The van der Waals surface area contributed by atoms with Crippen molar-refractivity contribution >= 4 is 28.7 Å². The van der Waals surface area contributed by atoms with Crippen molar-refractivity contribution in [3.63, 3.8) is 0 Å².